The maximum atomic E-state index is 10.1. The largest absolute Gasteiger partial charge is 0.397 e. The predicted octanol–water partition coefficient (Wildman–Crippen LogP) is -2.52. The first kappa shape index (κ1) is 14.4. The standard InChI is InChI=1S/C6H12O8S/c7-2-1-4(8)6(10)5(9)3-14-15(11,12)13/h2,4-6,8-10H,1,3H2,(H,11,12,13)/t4-,5-,6+/m1/s1. The summed E-state index contributed by atoms with van der Waals surface area (Å²) in [5, 5.41) is 27.2. The first-order valence-electron chi connectivity index (χ1n) is 3.87. The van der Waals surface area contributed by atoms with Gasteiger partial charge in [0.25, 0.3) is 0 Å². The van der Waals surface area contributed by atoms with Crippen LogP contribution in [0, 0.1) is 0 Å². The van der Waals surface area contributed by atoms with Crippen molar-refractivity contribution in [1.29, 1.82) is 0 Å². The van der Waals surface area contributed by atoms with Gasteiger partial charge >= 0.3 is 10.4 Å². The van der Waals surface area contributed by atoms with Crippen molar-refractivity contribution in [3.8, 4) is 0 Å². The third kappa shape index (κ3) is 6.49. The van der Waals surface area contributed by atoms with Gasteiger partial charge in [-0.1, -0.05) is 0 Å². The van der Waals surface area contributed by atoms with Gasteiger partial charge < -0.3 is 20.1 Å². The molecule has 0 fully saturated rings. The molecule has 0 aliphatic rings. The van der Waals surface area contributed by atoms with Gasteiger partial charge in [-0.3, -0.25) is 4.55 Å². The summed E-state index contributed by atoms with van der Waals surface area (Å²) in [6.45, 7) is -0.921. The predicted molar refractivity (Wildman–Crippen MR) is 46.2 cm³/mol. The lowest BCUT2D eigenvalue weighted by atomic mass is 10.1. The molecule has 0 unspecified atom stereocenters. The van der Waals surface area contributed by atoms with E-state index in [0.717, 1.165) is 0 Å². The van der Waals surface area contributed by atoms with Crippen molar-refractivity contribution in [3.05, 3.63) is 0 Å². The molecule has 0 spiro atoms. The number of aliphatic hydroxyl groups is 3. The highest BCUT2D eigenvalue weighted by Gasteiger charge is 2.25. The van der Waals surface area contributed by atoms with E-state index in [-0.39, 0.29) is 0 Å². The fourth-order valence-electron chi connectivity index (χ4n) is 0.749. The molecule has 9 heteroatoms. The number of aldehydes is 1. The second-order valence-electron chi connectivity index (χ2n) is 2.74. The molecule has 0 bridgehead atoms. The Morgan fingerprint density at radius 1 is 1.20 bits per heavy atom. The molecule has 3 atom stereocenters. The van der Waals surface area contributed by atoms with Crippen molar-refractivity contribution in [3.63, 3.8) is 0 Å². The summed E-state index contributed by atoms with van der Waals surface area (Å²) < 4.78 is 32.0. The van der Waals surface area contributed by atoms with Crippen LogP contribution in [0.2, 0.25) is 0 Å². The molecule has 0 saturated carbocycles. The Morgan fingerprint density at radius 3 is 2.13 bits per heavy atom. The maximum Gasteiger partial charge on any atom is 0.397 e. The van der Waals surface area contributed by atoms with E-state index in [1.54, 1.807) is 0 Å². The molecule has 90 valence electrons. The van der Waals surface area contributed by atoms with Gasteiger partial charge in [-0.05, 0) is 0 Å². The quantitative estimate of drug-likeness (QED) is 0.284. The molecule has 0 aliphatic heterocycles. The zero-order valence-electron chi connectivity index (χ0n) is 7.55. The fraction of sp³-hybridized carbons (Fsp3) is 0.833. The highest BCUT2D eigenvalue weighted by atomic mass is 32.3. The fourth-order valence-corrected chi connectivity index (χ4v) is 1.06. The molecule has 0 aliphatic carbocycles. The van der Waals surface area contributed by atoms with Gasteiger partial charge in [0.15, 0.2) is 0 Å². The van der Waals surface area contributed by atoms with E-state index in [0.29, 0.717) is 6.29 Å². The van der Waals surface area contributed by atoms with Crippen LogP contribution in [-0.2, 0) is 19.4 Å². The van der Waals surface area contributed by atoms with Gasteiger partial charge in [-0.2, -0.15) is 8.42 Å². The van der Waals surface area contributed by atoms with Crippen LogP contribution in [0.4, 0.5) is 0 Å². The summed E-state index contributed by atoms with van der Waals surface area (Å²) in [6, 6.07) is 0. The van der Waals surface area contributed by atoms with Crippen LogP contribution in [-0.4, -0.2) is 59.5 Å². The number of carbonyl (C=O) groups excluding carboxylic acids is 1. The summed E-state index contributed by atoms with van der Waals surface area (Å²) in [5.41, 5.74) is 0. The van der Waals surface area contributed by atoms with Crippen LogP contribution in [0.1, 0.15) is 6.42 Å². The second kappa shape index (κ2) is 6.10. The molecular formula is C6H12O8S. The van der Waals surface area contributed by atoms with E-state index in [1.807, 2.05) is 0 Å². The van der Waals surface area contributed by atoms with Gasteiger partial charge in [-0.25, -0.2) is 4.18 Å². The van der Waals surface area contributed by atoms with E-state index in [1.165, 1.54) is 0 Å². The zero-order valence-corrected chi connectivity index (χ0v) is 8.37. The molecule has 0 aromatic carbocycles. The van der Waals surface area contributed by atoms with Crippen LogP contribution >= 0.6 is 0 Å². The first-order chi connectivity index (χ1) is 6.78. The number of aliphatic hydroxyl groups excluding tert-OH is 3. The van der Waals surface area contributed by atoms with Crippen molar-refractivity contribution >= 4 is 16.7 Å². The Bertz CT molecular complexity index is 286. The lowest BCUT2D eigenvalue weighted by Gasteiger charge is -2.20. The second-order valence-corrected chi connectivity index (χ2v) is 3.83. The van der Waals surface area contributed by atoms with Crippen molar-refractivity contribution < 1.29 is 37.3 Å². The van der Waals surface area contributed by atoms with E-state index in [4.69, 9.17) is 19.9 Å². The third-order valence-electron chi connectivity index (χ3n) is 1.51. The first-order valence-corrected chi connectivity index (χ1v) is 5.24. The molecule has 0 aromatic heterocycles. The summed E-state index contributed by atoms with van der Waals surface area (Å²) >= 11 is 0. The SMILES string of the molecule is O=CC[C@@H](O)[C@H](O)[C@H](O)COS(=O)(=O)O. The Balaban J connectivity index is 4.09. The minimum Gasteiger partial charge on any atom is -0.390 e. The average Bonchev–Trinajstić information content (AvgIpc) is 2.12. The third-order valence-corrected chi connectivity index (χ3v) is 1.95. The Morgan fingerprint density at radius 2 is 1.73 bits per heavy atom. The Hall–Kier alpha value is -0.580. The topological polar surface area (TPSA) is 141 Å². The molecule has 0 rings (SSSR count). The number of hydrogen-bond donors (Lipinski definition) is 4. The summed E-state index contributed by atoms with van der Waals surface area (Å²) in [5.74, 6) is 0. The average molecular weight is 244 g/mol. The van der Waals surface area contributed by atoms with E-state index < -0.39 is 41.7 Å². The summed E-state index contributed by atoms with van der Waals surface area (Å²) in [7, 11) is -4.71. The van der Waals surface area contributed by atoms with Gasteiger partial charge in [0.2, 0.25) is 0 Å². The smallest absolute Gasteiger partial charge is 0.390 e. The van der Waals surface area contributed by atoms with Crippen LogP contribution < -0.4 is 0 Å². The Kier molecular flexibility index (Phi) is 5.87. The number of hydrogen-bond acceptors (Lipinski definition) is 7. The molecule has 0 aromatic rings. The minimum absolute atomic E-state index is 0.324. The highest BCUT2D eigenvalue weighted by molar-refractivity contribution is 7.80. The maximum absolute atomic E-state index is 10.1. The van der Waals surface area contributed by atoms with Gasteiger partial charge in [0.05, 0.1) is 12.7 Å². The van der Waals surface area contributed by atoms with Crippen molar-refractivity contribution in [2.75, 3.05) is 6.61 Å². The van der Waals surface area contributed by atoms with Gasteiger partial charge in [0, 0.05) is 6.42 Å². The molecule has 0 saturated heterocycles. The monoisotopic (exact) mass is 244 g/mol. The van der Waals surface area contributed by atoms with Gasteiger partial charge in [0.1, 0.15) is 18.5 Å². The molecule has 15 heavy (non-hydrogen) atoms. The summed E-state index contributed by atoms with van der Waals surface area (Å²) in [4.78, 5) is 9.94. The molecule has 0 amide bonds. The molecular weight excluding hydrogens is 232 g/mol. The van der Waals surface area contributed by atoms with E-state index in [9.17, 15) is 13.2 Å². The number of rotatable bonds is 7. The van der Waals surface area contributed by atoms with Crippen LogP contribution in [0.15, 0.2) is 0 Å². The molecule has 0 heterocycles. The molecule has 0 radical (unpaired) electrons. The lowest BCUT2D eigenvalue weighted by molar-refractivity contribution is -0.115. The number of carbonyl (C=O) groups is 1. The van der Waals surface area contributed by atoms with Crippen molar-refractivity contribution in [2.24, 2.45) is 0 Å². The van der Waals surface area contributed by atoms with Crippen LogP contribution in [0.3, 0.4) is 0 Å². The zero-order chi connectivity index (χ0) is 12.1. The van der Waals surface area contributed by atoms with E-state index in [2.05, 4.69) is 4.18 Å². The lowest BCUT2D eigenvalue weighted by Crippen LogP contribution is -2.40. The van der Waals surface area contributed by atoms with Crippen LogP contribution in [0.25, 0.3) is 0 Å². The highest BCUT2D eigenvalue weighted by Crippen LogP contribution is 2.04. The van der Waals surface area contributed by atoms with Gasteiger partial charge in [-0.15, -0.1) is 0 Å². The normalized spacial score (nSPS) is 18.1. The van der Waals surface area contributed by atoms with Crippen LogP contribution in [0.5, 0.6) is 0 Å². The van der Waals surface area contributed by atoms with Crippen molar-refractivity contribution in [1.82, 2.24) is 0 Å². The van der Waals surface area contributed by atoms with E-state index >= 15 is 0 Å². The molecule has 4 N–H and O–H groups in total. The molecule has 8 nitrogen and oxygen atoms in total. The Labute approximate surface area is 86.1 Å². The summed E-state index contributed by atoms with van der Waals surface area (Å²) in [6.07, 6.45) is -5.09. The van der Waals surface area contributed by atoms with Crippen molar-refractivity contribution in [2.45, 2.75) is 24.7 Å². The minimum atomic E-state index is -4.71.